The van der Waals surface area contributed by atoms with Gasteiger partial charge >= 0.3 is 0 Å². The van der Waals surface area contributed by atoms with Crippen LogP contribution < -0.4 is 10.1 Å². The lowest BCUT2D eigenvalue weighted by Gasteiger charge is -2.19. The van der Waals surface area contributed by atoms with Crippen LogP contribution in [0.3, 0.4) is 0 Å². The Bertz CT molecular complexity index is 328. The van der Waals surface area contributed by atoms with Crippen LogP contribution in [0, 0.1) is 11.7 Å². The fourth-order valence-corrected chi connectivity index (χ4v) is 1.52. The van der Waals surface area contributed by atoms with Gasteiger partial charge in [-0.25, -0.2) is 4.39 Å². The zero-order valence-electron chi connectivity index (χ0n) is 10.9. The van der Waals surface area contributed by atoms with Gasteiger partial charge in [-0.2, -0.15) is 0 Å². The molecule has 1 atom stereocenters. The summed E-state index contributed by atoms with van der Waals surface area (Å²) in [6, 6.07) is 6.54. The van der Waals surface area contributed by atoms with E-state index in [0.717, 1.165) is 19.5 Å². The first-order valence-corrected chi connectivity index (χ1v) is 6.25. The average molecular weight is 239 g/mol. The van der Waals surface area contributed by atoms with Crippen LogP contribution in [0.1, 0.15) is 27.2 Å². The number of ether oxygens (including phenoxy) is 1. The maximum Gasteiger partial charge on any atom is 0.165 e. The van der Waals surface area contributed by atoms with Gasteiger partial charge in [0, 0.05) is 6.54 Å². The van der Waals surface area contributed by atoms with E-state index >= 15 is 0 Å². The van der Waals surface area contributed by atoms with E-state index in [4.69, 9.17) is 4.74 Å². The van der Waals surface area contributed by atoms with Crippen LogP contribution in [0.25, 0.3) is 0 Å². The molecule has 0 fully saturated rings. The zero-order chi connectivity index (χ0) is 12.7. The van der Waals surface area contributed by atoms with Gasteiger partial charge in [0.05, 0.1) is 0 Å². The van der Waals surface area contributed by atoms with Crippen molar-refractivity contribution in [2.24, 2.45) is 5.92 Å². The molecule has 1 aromatic rings. The summed E-state index contributed by atoms with van der Waals surface area (Å²) in [7, 11) is 0. The van der Waals surface area contributed by atoms with E-state index in [1.165, 1.54) is 6.07 Å². The third-order valence-electron chi connectivity index (χ3n) is 2.51. The number of rotatable bonds is 7. The van der Waals surface area contributed by atoms with Crippen LogP contribution in [0.5, 0.6) is 5.75 Å². The Labute approximate surface area is 103 Å². The first-order valence-electron chi connectivity index (χ1n) is 6.25. The molecule has 0 spiro atoms. The van der Waals surface area contributed by atoms with Crippen molar-refractivity contribution >= 4 is 0 Å². The molecule has 0 aromatic heterocycles. The average Bonchev–Trinajstić information content (AvgIpc) is 2.30. The zero-order valence-corrected chi connectivity index (χ0v) is 10.9. The predicted octanol–water partition coefficient (Wildman–Crippen LogP) is 3.23. The Morgan fingerprint density at radius 1 is 1.24 bits per heavy atom. The van der Waals surface area contributed by atoms with E-state index in [-0.39, 0.29) is 11.9 Å². The van der Waals surface area contributed by atoms with Crippen LogP contribution in [-0.4, -0.2) is 19.2 Å². The van der Waals surface area contributed by atoms with Gasteiger partial charge in [-0.05, 0) is 31.0 Å². The predicted molar refractivity (Wildman–Crippen MR) is 68.8 cm³/mol. The molecule has 96 valence electrons. The second-order valence-corrected chi connectivity index (χ2v) is 4.63. The molecule has 1 rings (SSSR count). The van der Waals surface area contributed by atoms with Crippen LogP contribution in [0.15, 0.2) is 24.3 Å². The molecule has 2 nitrogen and oxygen atoms in total. The minimum Gasteiger partial charge on any atom is -0.486 e. The molecular formula is C14H22FNO. The number of halogens is 1. The molecule has 0 saturated heterocycles. The molecule has 3 heteroatoms. The Hall–Kier alpha value is -1.09. The lowest BCUT2D eigenvalue weighted by atomic mass is 10.2. The first-order chi connectivity index (χ1) is 8.13. The van der Waals surface area contributed by atoms with E-state index in [2.05, 4.69) is 19.2 Å². The van der Waals surface area contributed by atoms with Gasteiger partial charge in [0.15, 0.2) is 11.6 Å². The Kier molecular flexibility index (Phi) is 5.98. The standard InChI is InChI=1S/C14H22FNO/c1-4-12(10-16-9-11(2)3)17-14-8-6-5-7-13(14)15/h5-8,11-12,16H,4,9-10H2,1-3H3. The van der Waals surface area contributed by atoms with Gasteiger partial charge in [-0.15, -0.1) is 0 Å². The van der Waals surface area contributed by atoms with Crippen molar-refractivity contribution in [3.05, 3.63) is 30.1 Å². The highest BCUT2D eigenvalue weighted by atomic mass is 19.1. The second kappa shape index (κ2) is 7.28. The monoisotopic (exact) mass is 239 g/mol. The van der Waals surface area contributed by atoms with E-state index in [1.807, 2.05) is 6.92 Å². The normalized spacial score (nSPS) is 12.8. The first kappa shape index (κ1) is 14.0. The number of benzene rings is 1. The van der Waals surface area contributed by atoms with E-state index in [0.29, 0.717) is 11.7 Å². The molecule has 0 aliphatic heterocycles. The molecule has 0 aliphatic carbocycles. The highest BCUT2D eigenvalue weighted by molar-refractivity contribution is 5.23. The topological polar surface area (TPSA) is 21.3 Å². The Morgan fingerprint density at radius 3 is 2.53 bits per heavy atom. The molecule has 17 heavy (non-hydrogen) atoms. The van der Waals surface area contributed by atoms with Crippen LogP contribution in [0.4, 0.5) is 4.39 Å². The summed E-state index contributed by atoms with van der Waals surface area (Å²) in [6.07, 6.45) is 0.880. The van der Waals surface area contributed by atoms with Crippen molar-refractivity contribution in [2.45, 2.75) is 33.3 Å². The van der Waals surface area contributed by atoms with Crippen LogP contribution in [0.2, 0.25) is 0 Å². The van der Waals surface area contributed by atoms with Gasteiger partial charge in [0.2, 0.25) is 0 Å². The summed E-state index contributed by atoms with van der Waals surface area (Å²) < 4.78 is 19.0. The van der Waals surface area contributed by atoms with Gasteiger partial charge in [-0.1, -0.05) is 32.9 Å². The number of nitrogens with one attached hydrogen (secondary N) is 1. The van der Waals surface area contributed by atoms with Crippen molar-refractivity contribution in [3.63, 3.8) is 0 Å². The molecule has 1 N–H and O–H groups in total. The fraction of sp³-hybridized carbons (Fsp3) is 0.571. The van der Waals surface area contributed by atoms with Crippen molar-refractivity contribution < 1.29 is 9.13 Å². The number of hydrogen-bond donors (Lipinski definition) is 1. The summed E-state index contributed by atoms with van der Waals surface area (Å²) in [6.45, 7) is 8.07. The minimum absolute atomic E-state index is 0.0191. The van der Waals surface area contributed by atoms with Crippen LogP contribution >= 0.6 is 0 Å². The number of para-hydroxylation sites is 1. The molecule has 0 bridgehead atoms. The number of hydrogen-bond acceptors (Lipinski definition) is 2. The molecule has 0 amide bonds. The maximum atomic E-state index is 13.4. The summed E-state index contributed by atoms with van der Waals surface area (Å²) in [4.78, 5) is 0. The molecule has 0 radical (unpaired) electrons. The minimum atomic E-state index is -0.296. The maximum absolute atomic E-state index is 13.4. The Balaban J connectivity index is 2.44. The van der Waals surface area contributed by atoms with Gasteiger partial charge < -0.3 is 10.1 Å². The van der Waals surface area contributed by atoms with Crippen molar-refractivity contribution in [3.8, 4) is 5.75 Å². The molecular weight excluding hydrogens is 217 g/mol. The molecule has 1 aromatic carbocycles. The summed E-state index contributed by atoms with van der Waals surface area (Å²) >= 11 is 0. The molecule has 0 saturated carbocycles. The third kappa shape index (κ3) is 5.18. The fourth-order valence-electron chi connectivity index (χ4n) is 1.52. The largest absolute Gasteiger partial charge is 0.486 e. The van der Waals surface area contributed by atoms with Gasteiger partial charge in [0.25, 0.3) is 0 Å². The smallest absolute Gasteiger partial charge is 0.165 e. The van der Waals surface area contributed by atoms with E-state index in [9.17, 15) is 4.39 Å². The summed E-state index contributed by atoms with van der Waals surface area (Å²) in [5.74, 6) is 0.654. The lowest BCUT2D eigenvalue weighted by molar-refractivity contribution is 0.184. The highest BCUT2D eigenvalue weighted by Gasteiger charge is 2.10. The van der Waals surface area contributed by atoms with Gasteiger partial charge in [-0.3, -0.25) is 0 Å². The SMILES string of the molecule is CCC(CNCC(C)C)Oc1ccccc1F. The third-order valence-corrected chi connectivity index (χ3v) is 2.51. The van der Waals surface area contributed by atoms with E-state index in [1.54, 1.807) is 18.2 Å². The lowest BCUT2D eigenvalue weighted by Crippen LogP contribution is -2.33. The summed E-state index contributed by atoms with van der Waals surface area (Å²) in [5.41, 5.74) is 0. The van der Waals surface area contributed by atoms with Gasteiger partial charge in [0.1, 0.15) is 6.10 Å². The van der Waals surface area contributed by atoms with Crippen LogP contribution in [-0.2, 0) is 0 Å². The van der Waals surface area contributed by atoms with Crippen molar-refractivity contribution in [1.29, 1.82) is 0 Å². The summed E-state index contributed by atoms with van der Waals surface area (Å²) in [5, 5.41) is 3.33. The Morgan fingerprint density at radius 2 is 1.94 bits per heavy atom. The highest BCUT2D eigenvalue weighted by Crippen LogP contribution is 2.17. The quantitative estimate of drug-likeness (QED) is 0.788. The van der Waals surface area contributed by atoms with Crippen molar-refractivity contribution in [1.82, 2.24) is 5.32 Å². The second-order valence-electron chi connectivity index (χ2n) is 4.63. The molecule has 0 heterocycles. The molecule has 0 aliphatic rings. The van der Waals surface area contributed by atoms with Crippen molar-refractivity contribution in [2.75, 3.05) is 13.1 Å². The molecule has 1 unspecified atom stereocenters. The van der Waals surface area contributed by atoms with E-state index < -0.39 is 0 Å².